The Labute approximate surface area is 260 Å². The van der Waals surface area contributed by atoms with Crippen LogP contribution in [0, 0.1) is 15.4 Å². The number of benzene rings is 3. The maximum Gasteiger partial charge on any atom is 0.264 e. The van der Waals surface area contributed by atoms with Crippen LogP contribution < -0.4 is 4.90 Å². The predicted octanol–water partition coefficient (Wildman–Crippen LogP) is 5.77. The van der Waals surface area contributed by atoms with Crippen molar-refractivity contribution in [3.8, 4) is 0 Å². The summed E-state index contributed by atoms with van der Waals surface area (Å²) in [6.07, 6.45) is -0.338. The van der Waals surface area contributed by atoms with Crippen molar-refractivity contribution in [1.29, 1.82) is 0 Å². The van der Waals surface area contributed by atoms with E-state index in [1.807, 2.05) is 79.7 Å². The molecule has 6 rings (SSSR count). The molecule has 0 radical (unpaired) electrons. The number of carbonyl (C=O) groups is 2. The molecule has 6 nitrogen and oxygen atoms in total. The van der Waals surface area contributed by atoms with E-state index in [1.165, 1.54) is 13.8 Å². The average Bonchev–Trinajstić information content (AvgIpc) is 3.38. The number of aliphatic hydroxyl groups is 1. The fourth-order valence-electron chi connectivity index (χ4n) is 7.51. The van der Waals surface area contributed by atoms with Gasteiger partial charge in [0.2, 0.25) is 5.91 Å². The number of alkyl halides is 1. The van der Waals surface area contributed by atoms with E-state index in [0.29, 0.717) is 19.5 Å². The lowest BCUT2D eigenvalue weighted by molar-refractivity contribution is -0.151. The maximum atomic E-state index is 16.1. The molecule has 0 aliphatic carbocycles. The first-order valence-electron chi connectivity index (χ1n) is 14.5. The molecule has 3 aliphatic heterocycles. The summed E-state index contributed by atoms with van der Waals surface area (Å²) in [5, 5.41) is 10.2. The summed E-state index contributed by atoms with van der Waals surface area (Å²) in [4.78, 5) is 31.8. The number of amides is 2. The Morgan fingerprint density at radius 3 is 2.52 bits per heavy atom. The molecule has 220 valence electrons. The second kappa shape index (κ2) is 11.0. The Kier molecular flexibility index (Phi) is 7.68. The minimum atomic E-state index is -1.71. The van der Waals surface area contributed by atoms with E-state index in [9.17, 15) is 14.7 Å². The molecule has 1 N–H and O–H groups in total. The zero-order valence-electron chi connectivity index (χ0n) is 24.1. The fourth-order valence-corrected chi connectivity index (χ4v) is 8.12. The topological polar surface area (TPSA) is 70.1 Å². The largest absolute Gasteiger partial charge is 0.394 e. The van der Waals surface area contributed by atoms with Gasteiger partial charge in [-0.05, 0) is 77.7 Å². The number of hydrogen-bond donors (Lipinski definition) is 1. The van der Waals surface area contributed by atoms with Gasteiger partial charge in [0.1, 0.15) is 5.67 Å². The van der Waals surface area contributed by atoms with Crippen LogP contribution in [-0.2, 0) is 39.4 Å². The van der Waals surface area contributed by atoms with Gasteiger partial charge in [-0.25, -0.2) is 4.39 Å². The Morgan fingerprint density at radius 2 is 1.81 bits per heavy atom. The Hall–Kier alpha value is -2.82. The highest BCUT2D eigenvalue weighted by Gasteiger charge is 2.66. The molecule has 3 heterocycles. The summed E-state index contributed by atoms with van der Waals surface area (Å²) in [7, 11) is 0. The van der Waals surface area contributed by atoms with Crippen LogP contribution in [0.4, 0.5) is 10.1 Å². The number of fused-ring (bicyclic) bond motifs is 3. The van der Waals surface area contributed by atoms with Crippen molar-refractivity contribution in [3.05, 3.63) is 98.6 Å². The van der Waals surface area contributed by atoms with Crippen molar-refractivity contribution < 1.29 is 23.8 Å². The third-order valence-electron chi connectivity index (χ3n) is 9.36. The summed E-state index contributed by atoms with van der Waals surface area (Å²) in [6, 6.07) is 23.2. The molecule has 5 atom stereocenters. The molecule has 42 heavy (non-hydrogen) atoms. The minimum Gasteiger partial charge on any atom is -0.394 e. The van der Waals surface area contributed by atoms with Crippen molar-refractivity contribution in [3.63, 3.8) is 0 Å². The quantitative estimate of drug-likeness (QED) is 0.336. The second-order valence-electron chi connectivity index (χ2n) is 12.3. The van der Waals surface area contributed by atoms with Crippen LogP contribution >= 0.6 is 22.6 Å². The molecular formula is C34H36FIN2O4. The number of aliphatic hydroxyl groups excluding tert-OH is 1. The van der Waals surface area contributed by atoms with E-state index in [0.717, 1.165) is 31.5 Å². The van der Waals surface area contributed by atoms with E-state index in [-0.39, 0.29) is 30.9 Å². The van der Waals surface area contributed by atoms with Crippen molar-refractivity contribution in [2.75, 3.05) is 11.5 Å². The average molecular weight is 683 g/mol. The number of para-hydroxylation sites is 1. The summed E-state index contributed by atoms with van der Waals surface area (Å²) in [5.74, 6) is -1.66. The third kappa shape index (κ3) is 4.85. The molecule has 0 bridgehead atoms. The predicted molar refractivity (Wildman–Crippen MR) is 167 cm³/mol. The number of carbonyl (C=O) groups excluding carboxylic acids is 2. The Bertz CT molecular complexity index is 1520. The monoisotopic (exact) mass is 682 g/mol. The van der Waals surface area contributed by atoms with Gasteiger partial charge in [-0.3, -0.25) is 9.59 Å². The molecule has 1 saturated heterocycles. The SMILES string of the molecule is C[C@H]1[C@H](C(C)(C)F)[C@@H](CC(=O)N2Cc3ccccc3C[C@H]2CO)O[C@]12C(=O)N(Cc1cccc(I)c1)c1ccccc12. The van der Waals surface area contributed by atoms with Gasteiger partial charge in [-0.15, -0.1) is 0 Å². The van der Waals surface area contributed by atoms with Crippen LogP contribution in [-0.4, -0.2) is 46.2 Å². The molecule has 0 unspecified atom stereocenters. The van der Waals surface area contributed by atoms with Crippen LogP contribution in [0.25, 0.3) is 0 Å². The van der Waals surface area contributed by atoms with Crippen LogP contribution in [0.5, 0.6) is 0 Å². The lowest BCUT2D eigenvalue weighted by atomic mass is 9.71. The molecule has 0 saturated carbocycles. The van der Waals surface area contributed by atoms with Gasteiger partial charge < -0.3 is 19.6 Å². The lowest BCUT2D eigenvalue weighted by Crippen LogP contribution is -2.48. The summed E-state index contributed by atoms with van der Waals surface area (Å²) in [6.45, 7) is 5.48. The van der Waals surface area contributed by atoms with Crippen LogP contribution in [0.2, 0.25) is 0 Å². The van der Waals surface area contributed by atoms with Gasteiger partial charge in [0.25, 0.3) is 5.91 Å². The number of halogens is 2. The highest BCUT2D eigenvalue weighted by Crippen LogP contribution is 2.58. The van der Waals surface area contributed by atoms with E-state index in [4.69, 9.17) is 4.74 Å². The first-order chi connectivity index (χ1) is 20.0. The normalized spacial score (nSPS) is 27.0. The van der Waals surface area contributed by atoms with Gasteiger partial charge in [0.15, 0.2) is 5.60 Å². The van der Waals surface area contributed by atoms with E-state index < -0.39 is 29.2 Å². The van der Waals surface area contributed by atoms with Crippen molar-refractivity contribution in [1.82, 2.24) is 4.90 Å². The highest BCUT2D eigenvalue weighted by atomic mass is 127. The Morgan fingerprint density at radius 1 is 1.10 bits per heavy atom. The third-order valence-corrected chi connectivity index (χ3v) is 10.0. The summed E-state index contributed by atoms with van der Waals surface area (Å²) in [5.41, 5.74) is 1.51. The standard InChI is InChI=1S/C34H36FIN2O4/c1-21-31(33(2,3)35)29(17-30(40)37-19-24-11-5-4-10-23(24)16-26(37)20-39)42-34(21)27-13-6-7-14-28(27)38(32(34)41)18-22-9-8-12-25(36)15-22/h4-15,21,26,29,31,39H,16-20H2,1-3H3/t21-,26-,29+,31-,34+/m0/s1. The molecule has 2 amide bonds. The zero-order valence-corrected chi connectivity index (χ0v) is 26.3. The van der Waals surface area contributed by atoms with Crippen LogP contribution in [0.3, 0.4) is 0 Å². The van der Waals surface area contributed by atoms with Crippen molar-refractivity contribution >= 4 is 40.1 Å². The zero-order chi connectivity index (χ0) is 29.8. The maximum absolute atomic E-state index is 16.1. The van der Waals surface area contributed by atoms with Gasteiger partial charge in [-0.1, -0.05) is 61.5 Å². The molecule has 8 heteroatoms. The summed E-state index contributed by atoms with van der Waals surface area (Å²) >= 11 is 2.26. The highest BCUT2D eigenvalue weighted by molar-refractivity contribution is 14.1. The molecule has 1 fully saturated rings. The first-order valence-corrected chi connectivity index (χ1v) is 15.6. The van der Waals surface area contributed by atoms with E-state index >= 15 is 4.39 Å². The van der Waals surface area contributed by atoms with Crippen LogP contribution in [0.15, 0.2) is 72.8 Å². The summed E-state index contributed by atoms with van der Waals surface area (Å²) < 4.78 is 23.9. The molecule has 3 aromatic carbocycles. The van der Waals surface area contributed by atoms with Gasteiger partial charge in [-0.2, -0.15) is 0 Å². The fraction of sp³-hybridized carbons (Fsp3) is 0.412. The van der Waals surface area contributed by atoms with Crippen molar-refractivity contribution in [2.45, 2.75) is 70.1 Å². The number of nitrogens with zero attached hydrogens (tertiary/aromatic N) is 2. The van der Waals surface area contributed by atoms with Gasteiger partial charge in [0.05, 0.1) is 37.4 Å². The molecule has 3 aliphatic rings. The van der Waals surface area contributed by atoms with E-state index in [2.05, 4.69) is 22.6 Å². The number of ether oxygens (including phenoxy) is 1. The number of hydrogen-bond acceptors (Lipinski definition) is 4. The number of anilines is 1. The lowest BCUT2D eigenvalue weighted by Gasteiger charge is -2.37. The number of rotatable bonds is 6. The smallest absolute Gasteiger partial charge is 0.264 e. The van der Waals surface area contributed by atoms with Crippen LogP contribution in [0.1, 0.15) is 49.4 Å². The first kappa shape index (κ1) is 29.3. The molecule has 3 aromatic rings. The van der Waals surface area contributed by atoms with E-state index in [1.54, 1.807) is 9.80 Å². The van der Waals surface area contributed by atoms with Crippen molar-refractivity contribution in [2.24, 2.45) is 11.8 Å². The Balaban J connectivity index is 1.34. The van der Waals surface area contributed by atoms with Gasteiger partial charge >= 0.3 is 0 Å². The molecule has 0 aromatic heterocycles. The minimum absolute atomic E-state index is 0.0743. The second-order valence-corrected chi connectivity index (χ2v) is 13.6. The molecule has 1 spiro atoms. The van der Waals surface area contributed by atoms with Gasteiger partial charge in [0, 0.05) is 27.5 Å². The molecular weight excluding hydrogens is 646 g/mol.